The van der Waals surface area contributed by atoms with Gasteiger partial charge in [0.2, 0.25) is 0 Å². The minimum Gasteiger partial charge on any atom is -0.0879 e. The third-order valence-corrected chi connectivity index (χ3v) is 9.16. The third-order valence-electron chi connectivity index (χ3n) is 9.16. The lowest BCUT2D eigenvalue weighted by Crippen LogP contribution is -2.15. The van der Waals surface area contributed by atoms with Gasteiger partial charge in [0.1, 0.15) is 0 Å². The molecular formula is C34H56. The molecule has 0 radical (unpaired) electrons. The molecule has 2 saturated carbocycles. The second kappa shape index (κ2) is 16.6. The fraction of sp³-hybridized carbons (Fsp3) is 0.765. The van der Waals surface area contributed by atoms with Crippen molar-refractivity contribution in [1.82, 2.24) is 0 Å². The Bertz CT molecular complexity index is 637. The molecule has 1 aromatic carbocycles. The predicted octanol–water partition coefficient (Wildman–Crippen LogP) is 10.9. The first kappa shape index (κ1) is 27.5. The molecule has 0 saturated heterocycles. The van der Waals surface area contributed by atoms with E-state index in [1.165, 1.54) is 134 Å². The first-order valence-electron chi connectivity index (χ1n) is 15.5. The minimum absolute atomic E-state index is 0.858. The number of rotatable bonds is 15. The van der Waals surface area contributed by atoms with Gasteiger partial charge < -0.3 is 0 Å². The predicted molar refractivity (Wildman–Crippen MR) is 151 cm³/mol. The van der Waals surface area contributed by atoms with Crippen LogP contribution < -0.4 is 0 Å². The molecule has 0 atom stereocenters. The van der Waals surface area contributed by atoms with Crippen molar-refractivity contribution in [3.05, 3.63) is 47.5 Å². The van der Waals surface area contributed by atoms with Crippen LogP contribution >= 0.6 is 0 Å². The van der Waals surface area contributed by atoms with Gasteiger partial charge in [-0.15, -0.1) is 0 Å². The fourth-order valence-corrected chi connectivity index (χ4v) is 6.63. The van der Waals surface area contributed by atoms with Crippen LogP contribution in [-0.2, 0) is 12.8 Å². The first-order valence-corrected chi connectivity index (χ1v) is 15.5. The van der Waals surface area contributed by atoms with E-state index in [0.717, 1.165) is 23.7 Å². The maximum atomic E-state index is 2.55. The van der Waals surface area contributed by atoms with Gasteiger partial charge in [-0.2, -0.15) is 0 Å². The van der Waals surface area contributed by atoms with E-state index in [1.54, 1.807) is 5.56 Å². The molecule has 0 N–H and O–H groups in total. The van der Waals surface area contributed by atoms with Crippen LogP contribution in [0.3, 0.4) is 0 Å². The highest BCUT2D eigenvalue weighted by Crippen LogP contribution is 2.35. The Kier molecular flexibility index (Phi) is 13.4. The zero-order chi connectivity index (χ0) is 23.8. The number of benzene rings is 1. The number of unbranched alkanes of at least 4 members (excludes halogenated alkanes) is 4. The van der Waals surface area contributed by atoms with Crippen LogP contribution in [0.2, 0.25) is 0 Å². The zero-order valence-electron chi connectivity index (χ0n) is 22.9. The Balaban J connectivity index is 1.25. The van der Waals surface area contributed by atoms with E-state index in [9.17, 15) is 0 Å². The van der Waals surface area contributed by atoms with Gasteiger partial charge in [0.25, 0.3) is 0 Å². The molecule has 0 unspecified atom stereocenters. The van der Waals surface area contributed by atoms with Crippen LogP contribution in [0.15, 0.2) is 36.4 Å². The summed E-state index contributed by atoms with van der Waals surface area (Å²) in [6.45, 7) is 4.64. The molecule has 0 heterocycles. The summed E-state index contributed by atoms with van der Waals surface area (Å²) in [5.41, 5.74) is 3.07. The number of allylic oxidation sites excluding steroid dienone is 2. The maximum absolute atomic E-state index is 2.55. The van der Waals surface area contributed by atoms with Crippen LogP contribution in [0.25, 0.3) is 0 Å². The van der Waals surface area contributed by atoms with E-state index in [0.29, 0.717) is 0 Å². The summed E-state index contributed by atoms with van der Waals surface area (Å²) in [6, 6.07) is 9.62. The van der Waals surface area contributed by atoms with E-state index < -0.39 is 0 Å². The Morgan fingerprint density at radius 3 is 1.59 bits per heavy atom. The largest absolute Gasteiger partial charge is 0.0879 e. The van der Waals surface area contributed by atoms with Crippen molar-refractivity contribution >= 4 is 0 Å². The normalized spacial score (nSPS) is 25.7. The second-order valence-electron chi connectivity index (χ2n) is 12.0. The summed E-state index contributed by atoms with van der Waals surface area (Å²) in [4.78, 5) is 0. The Morgan fingerprint density at radius 1 is 0.588 bits per heavy atom. The maximum Gasteiger partial charge on any atom is -0.0233 e. The van der Waals surface area contributed by atoms with Gasteiger partial charge in [-0.1, -0.05) is 127 Å². The topological polar surface area (TPSA) is 0 Å². The highest BCUT2D eigenvalue weighted by Gasteiger charge is 2.21. The summed E-state index contributed by atoms with van der Waals surface area (Å²) < 4.78 is 0. The van der Waals surface area contributed by atoms with E-state index in [1.807, 2.05) is 0 Å². The van der Waals surface area contributed by atoms with E-state index in [4.69, 9.17) is 0 Å². The zero-order valence-corrected chi connectivity index (χ0v) is 22.9. The highest BCUT2D eigenvalue weighted by atomic mass is 14.3. The molecule has 2 aliphatic carbocycles. The molecular weight excluding hydrogens is 408 g/mol. The molecule has 1 aromatic rings. The van der Waals surface area contributed by atoms with Crippen molar-refractivity contribution in [2.75, 3.05) is 0 Å². The molecule has 0 spiro atoms. The van der Waals surface area contributed by atoms with Gasteiger partial charge in [0, 0.05) is 0 Å². The molecule has 0 nitrogen and oxygen atoms in total. The highest BCUT2D eigenvalue weighted by molar-refractivity contribution is 5.23. The third kappa shape index (κ3) is 10.7. The van der Waals surface area contributed by atoms with Crippen LogP contribution in [-0.4, -0.2) is 0 Å². The lowest BCUT2D eigenvalue weighted by atomic mass is 9.78. The Hall–Kier alpha value is -1.04. The molecule has 34 heavy (non-hydrogen) atoms. The molecule has 0 heteroatoms. The summed E-state index contributed by atoms with van der Waals surface area (Å²) >= 11 is 0. The van der Waals surface area contributed by atoms with Crippen LogP contribution in [0.5, 0.6) is 0 Å². The second-order valence-corrected chi connectivity index (χ2v) is 12.0. The van der Waals surface area contributed by atoms with Gasteiger partial charge in [-0.25, -0.2) is 0 Å². The lowest BCUT2D eigenvalue weighted by molar-refractivity contribution is 0.249. The van der Waals surface area contributed by atoms with Crippen molar-refractivity contribution in [3.8, 4) is 0 Å². The van der Waals surface area contributed by atoms with Crippen molar-refractivity contribution in [1.29, 1.82) is 0 Å². The minimum atomic E-state index is 0.858. The summed E-state index contributed by atoms with van der Waals surface area (Å²) in [5, 5.41) is 0. The van der Waals surface area contributed by atoms with Gasteiger partial charge >= 0.3 is 0 Å². The summed E-state index contributed by atoms with van der Waals surface area (Å²) in [6.07, 6.45) is 33.4. The van der Waals surface area contributed by atoms with Gasteiger partial charge in [0.15, 0.2) is 0 Å². The van der Waals surface area contributed by atoms with E-state index in [-0.39, 0.29) is 0 Å². The van der Waals surface area contributed by atoms with Crippen LogP contribution in [0.4, 0.5) is 0 Å². The summed E-state index contributed by atoms with van der Waals surface area (Å²) in [7, 11) is 0. The first-order chi connectivity index (χ1) is 16.8. The molecule has 2 fully saturated rings. The molecule has 0 aliphatic heterocycles. The molecule has 2 aliphatic rings. The average molecular weight is 465 g/mol. The van der Waals surface area contributed by atoms with Crippen molar-refractivity contribution < 1.29 is 0 Å². The van der Waals surface area contributed by atoms with Crippen LogP contribution in [0.1, 0.15) is 141 Å². The number of hydrogen-bond acceptors (Lipinski definition) is 0. The lowest BCUT2D eigenvalue weighted by Gasteiger charge is -2.28. The molecule has 0 bridgehead atoms. The number of hydrogen-bond donors (Lipinski definition) is 0. The fourth-order valence-electron chi connectivity index (χ4n) is 6.63. The van der Waals surface area contributed by atoms with Gasteiger partial charge in [-0.05, 0) is 86.2 Å². The average Bonchev–Trinajstić information content (AvgIpc) is 2.88. The Labute approximate surface area is 213 Å². The quantitative estimate of drug-likeness (QED) is 0.179. The SMILES string of the molecule is CCCCCC1CCC(/C=C/CCc2ccc(CCC3CCC(CCCCC)CC3)cc2)CC1. The molecule has 3 rings (SSSR count). The Morgan fingerprint density at radius 2 is 1.06 bits per heavy atom. The molecule has 0 aromatic heterocycles. The van der Waals surface area contributed by atoms with Crippen molar-refractivity contribution in [3.63, 3.8) is 0 Å². The van der Waals surface area contributed by atoms with E-state index >= 15 is 0 Å². The van der Waals surface area contributed by atoms with Gasteiger partial charge in [0.05, 0.1) is 0 Å². The van der Waals surface area contributed by atoms with Crippen molar-refractivity contribution in [2.45, 2.75) is 142 Å². The van der Waals surface area contributed by atoms with Gasteiger partial charge in [-0.3, -0.25) is 0 Å². The molecule has 192 valence electrons. The van der Waals surface area contributed by atoms with Crippen molar-refractivity contribution in [2.24, 2.45) is 23.7 Å². The smallest absolute Gasteiger partial charge is 0.0233 e. The number of aryl methyl sites for hydroxylation is 2. The van der Waals surface area contributed by atoms with E-state index in [2.05, 4.69) is 50.3 Å². The monoisotopic (exact) mass is 464 g/mol. The molecule has 0 amide bonds. The summed E-state index contributed by atoms with van der Waals surface area (Å²) in [5.74, 6) is 3.91. The standard InChI is InChI=1S/C34H56/c1-3-5-7-11-29-15-17-31(18-16-29)13-9-10-14-32-21-25-34(26-22-32)28-27-33-23-19-30(20-24-33)12-8-6-4-2/h9,13,21-22,25-26,29-31,33H,3-8,10-12,14-20,23-24,27-28H2,1-2H3/b13-9+. The van der Waals surface area contributed by atoms with Crippen LogP contribution in [0, 0.1) is 23.7 Å².